The number of hydrogen-bond acceptors (Lipinski definition) is 6. The average molecular weight is 479 g/mol. The molecule has 0 unspecified atom stereocenters. The van der Waals surface area contributed by atoms with Crippen molar-refractivity contribution in [2.24, 2.45) is 5.10 Å². The maximum atomic E-state index is 5.92. The molecule has 0 radical (unpaired) electrons. The average Bonchev–Trinajstić information content (AvgIpc) is 3.24. The van der Waals surface area contributed by atoms with Crippen LogP contribution in [0.1, 0.15) is 43.7 Å². The summed E-state index contributed by atoms with van der Waals surface area (Å²) in [6, 6.07) is 26.2. The van der Waals surface area contributed by atoms with E-state index in [0.29, 0.717) is 12.6 Å². The van der Waals surface area contributed by atoms with E-state index in [-0.39, 0.29) is 0 Å². The van der Waals surface area contributed by atoms with Gasteiger partial charge in [0.2, 0.25) is 0 Å². The van der Waals surface area contributed by atoms with Crippen LogP contribution in [-0.2, 0) is 13.2 Å². The van der Waals surface area contributed by atoms with Crippen molar-refractivity contribution < 1.29 is 4.74 Å². The van der Waals surface area contributed by atoms with Crippen LogP contribution in [-0.4, -0.2) is 26.0 Å². The largest absolute Gasteiger partial charge is 0.489 e. The van der Waals surface area contributed by atoms with Gasteiger partial charge in [-0.1, -0.05) is 86.8 Å². The van der Waals surface area contributed by atoms with Crippen molar-refractivity contribution in [1.29, 1.82) is 0 Å². The number of ether oxygens (including phenoxy) is 1. The van der Waals surface area contributed by atoms with Crippen molar-refractivity contribution in [2.75, 3.05) is 5.43 Å². The van der Waals surface area contributed by atoms with E-state index in [1.165, 1.54) is 19.3 Å². The fourth-order valence-electron chi connectivity index (χ4n) is 4.26. The molecule has 0 aliphatic rings. The summed E-state index contributed by atoms with van der Waals surface area (Å²) in [5, 5.41) is 14.2. The maximum absolute atomic E-state index is 5.92. The Bertz CT molecular complexity index is 1460. The molecule has 7 nitrogen and oxygen atoms in total. The van der Waals surface area contributed by atoms with Crippen molar-refractivity contribution >= 4 is 34.2 Å². The first-order valence-corrected chi connectivity index (χ1v) is 12.5. The molecule has 2 aromatic heterocycles. The lowest BCUT2D eigenvalue weighted by atomic mass is 10.2. The zero-order chi connectivity index (χ0) is 24.6. The summed E-state index contributed by atoms with van der Waals surface area (Å²) in [7, 11) is 0. The van der Waals surface area contributed by atoms with Gasteiger partial charge in [0.25, 0.3) is 5.95 Å². The monoisotopic (exact) mass is 478 g/mol. The summed E-state index contributed by atoms with van der Waals surface area (Å²) in [4.78, 5) is 4.76. The molecule has 0 spiro atoms. The summed E-state index contributed by atoms with van der Waals surface area (Å²) in [6.07, 6.45) is 6.49. The number of hydrazone groups is 1. The van der Waals surface area contributed by atoms with Gasteiger partial charge in [0.1, 0.15) is 17.9 Å². The summed E-state index contributed by atoms with van der Waals surface area (Å²) >= 11 is 0. The number of rotatable bonds is 11. The maximum Gasteiger partial charge on any atom is 0.265 e. The number of aryl methyl sites for hydroxylation is 1. The van der Waals surface area contributed by atoms with Crippen LogP contribution in [0.15, 0.2) is 84.0 Å². The minimum Gasteiger partial charge on any atom is -0.489 e. The van der Waals surface area contributed by atoms with E-state index in [4.69, 9.17) is 9.72 Å². The third-order valence-corrected chi connectivity index (χ3v) is 6.09. The third-order valence-electron chi connectivity index (χ3n) is 6.09. The van der Waals surface area contributed by atoms with Crippen LogP contribution in [0.3, 0.4) is 0 Å². The number of anilines is 1. The summed E-state index contributed by atoms with van der Waals surface area (Å²) < 4.78 is 8.16. The van der Waals surface area contributed by atoms with Gasteiger partial charge in [0, 0.05) is 11.9 Å². The van der Waals surface area contributed by atoms with Crippen molar-refractivity contribution in [2.45, 2.75) is 45.8 Å². The molecule has 0 saturated carbocycles. The number of fused-ring (bicyclic) bond motifs is 3. The van der Waals surface area contributed by atoms with Gasteiger partial charge in [-0.15, -0.1) is 10.2 Å². The summed E-state index contributed by atoms with van der Waals surface area (Å²) in [5.41, 5.74) is 7.76. The highest BCUT2D eigenvalue weighted by Gasteiger charge is 2.14. The standard InChI is InChI=1S/C29H30N6O/c1-2-3-4-10-18-35-26-17-9-8-16-25(26)27-28(35)31-29(34-32-27)33-30-20-23-14-11-15-24(19-23)36-21-22-12-6-5-7-13-22/h5-9,11-17,19-20H,2-4,10,18,21H2,1H3,(H,31,33,34)/b30-20+. The van der Waals surface area contributed by atoms with Crippen molar-refractivity contribution in [3.8, 4) is 5.75 Å². The second-order valence-electron chi connectivity index (χ2n) is 8.75. The first-order valence-electron chi connectivity index (χ1n) is 12.5. The van der Waals surface area contributed by atoms with Gasteiger partial charge in [-0.3, -0.25) is 0 Å². The highest BCUT2D eigenvalue weighted by Crippen LogP contribution is 2.27. The third kappa shape index (κ3) is 5.51. The van der Waals surface area contributed by atoms with Crippen molar-refractivity contribution in [3.05, 3.63) is 90.0 Å². The molecule has 0 bridgehead atoms. The molecule has 3 aromatic carbocycles. The molecule has 2 heterocycles. The number of benzene rings is 3. The van der Waals surface area contributed by atoms with Crippen LogP contribution >= 0.6 is 0 Å². The van der Waals surface area contributed by atoms with Crippen LogP contribution in [0.25, 0.3) is 22.1 Å². The Hall–Kier alpha value is -4.26. The number of aromatic nitrogens is 4. The van der Waals surface area contributed by atoms with Crippen LogP contribution in [0.4, 0.5) is 5.95 Å². The Morgan fingerprint density at radius 3 is 2.67 bits per heavy atom. The molecule has 7 heteroatoms. The van der Waals surface area contributed by atoms with E-state index in [1.54, 1.807) is 6.21 Å². The van der Waals surface area contributed by atoms with Crippen molar-refractivity contribution in [1.82, 2.24) is 19.7 Å². The molecule has 1 N–H and O–H groups in total. The van der Waals surface area contributed by atoms with Gasteiger partial charge in [-0.25, -0.2) is 5.43 Å². The van der Waals surface area contributed by atoms with Crippen LogP contribution in [0.5, 0.6) is 5.75 Å². The van der Waals surface area contributed by atoms with Gasteiger partial charge < -0.3 is 9.30 Å². The zero-order valence-electron chi connectivity index (χ0n) is 20.5. The van der Waals surface area contributed by atoms with Gasteiger partial charge in [0.15, 0.2) is 5.65 Å². The molecule has 0 fully saturated rings. The molecule has 0 aliphatic heterocycles. The van der Waals surface area contributed by atoms with Gasteiger partial charge in [-0.05, 0) is 35.7 Å². The number of para-hydroxylation sites is 1. The van der Waals surface area contributed by atoms with E-state index >= 15 is 0 Å². The molecule has 0 saturated heterocycles. The predicted octanol–water partition coefficient (Wildman–Crippen LogP) is 6.58. The molecule has 182 valence electrons. The molecular formula is C29H30N6O. The fourth-order valence-corrected chi connectivity index (χ4v) is 4.26. The fraction of sp³-hybridized carbons (Fsp3) is 0.241. The molecule has 5 aromatic rings. The summed E-state index contributed by atoms with van der Waals surface area (Å²) in [6.45, 7) is 3.65. The summed E-state index contributed by atoms with van der Waals surface area (Å²) in [5.74, 6) is 1.16. The van der Waals surface area contributed by atoms with E-state index in [2.05, 4.69) is 50.4 Å². The molecule has 0 amide bonds. The minimum atomic E-state index is 0.368. The SMILES string of the molecule is CCCCCCn1c2ccccc2c2nnc(N/N=C/c3cccc(OCc4ccccc4)c3)nc21. The first-order chi connectivity index (χ1) is 17.8. The molecule has 0 aliphatic carbocycles. The van der Waals surface area contributed by atoms with Crippen molar-refractivity contribution in [3.63, 3.8) is 0 Å². The lowest BCUT2D eigenvalue weighted by molar-refractivity contribution is 0.306. The predicted molar refractivity (Wildman–Crippen MR) is 145 cm³/mol. The second-order valence-corrected chi connectivity index (χ2v) is 8.75. The van der Waals surface area contributed by atoms with Crippen LogP contribution in [0.2, 0.25) is 0 Å². The Morgan fingerprint density at radius 1 is 0.917 bits per heavy atom. The van der Waals surface area contributed by atoms with Gasteiger partial charge in [-0.2, -0.15) is 10.1 Å². The number of unbranched alkanes of at least 4 members (excludes halogenated alkanes) is 3. The Balaban J connectivity index is 1.30. The molecular weight excluding hydrogens is 448 g/mol. The normalized spacial score (nSPS) is 11.5. The topological polar surface area (TPSA) is 77.2 Å². The van der Waals surface area contributed by atoms with Gasteiger partial charge in [0.05, 0.1) is 11.7 Å². The molecule has 36 heavy (non-hydrogen) atoms. The zero-order valence-corrected chi connectivity index (χ0v) is 20.5. The number of nitrogens with zero attached hydrogens (tertiary/aromatic N) is 5. The van der Waals surface area contributed by atoms with E-state index < -0.39 is 0 Å². The smallest absolute Gasteiger partial charge is 0.265 e. The Morgan fingerprint density at radius 2 is 1.78 bits per heavy atom. The van der Waals surface area contributed by atoms with E-state index in [1.807, 2.05) is 60.7 Å². The quantitative estimate of drug-likeness (QED) is 0.132. The lowest BCUT2D eigenvalue weighted by Crippen LogP contribution is -2.03. The highest BCUT2D eigenvalue weighted by molar-refractivity contribution is 6.04. The Kier molecular flexibility index (Phi) is 7.46. The molecule has 5 rings (SSSR count). The first kappa shape index (κ1) is 23.5. The minimum absolute atomic E-state index is 0.368. The lowest BCUT2D eigenvalue weighted by Gasteiger charge is -2.07. The van der Waals surface area contributed by atoms with E-state index in [0.717, 1.165) is 51.9 Å². The number of nitrogens with one attached hydrogen (secondary N) is 1. The Labute approximate surface area is 210 Å². The van der Waals surface area contributed by atoms with E-state index in [9.17, 15) is 0 Å². The van der Waals surface area contributed by atoms with Crippen LogP contribution in [0, 0.1) is 0 Å². The molecule has 0 atom stereocenters. The number of hydrogen-bond donors (Lipinski definition) is 1. The highest BCUT2D eigenvalue weighted by atomic mass is 16.5. The second kappa shape index (κ2) is 11.4. The van der Waals surface area contributed by atoms with Gasteiger partial charge >= 0.3 is 0 Å². The van der Waals surface area contributed by atoms with Crippen LogP contribution < -0.4 is 10.2 Å².